The summed E-state index contributed by atoms with van der Waals surface area (Å²) in [6.45, 7) is 2.26. The summed E-state index contributed by atoms with van der Waals surface area (Å²) in [5, 5.41) is 13.8. The van der Waals surface area contributed by atoms with Crippen molar-refractivity contribution < 1.29 is 5.11 Å². The monoisotopic (exact) mass is 301 g/mol. The third-order valence-electron chi connectivity index (χ3n) is 4.27. The molecule has 110 valence electrons. The molecule has 1 aliphatic rings. The molecule has 2 aromatic rings. The summed E-state index contributed by atoms with van der Waals surface area (Å²) >= 11 is 5.97. The van der Waals surface area contributed by atoms with Crippen LogP contribution in [0.4, 0.5) is 0 Å². The number of aliphatic hydroxyl groups is 1. The maximum absolute atomic E-state index is 9.26. The molecule has 1 fully saturated rings. The van der Waals surface area contributed by atoms with E-state index in [0.717, 1.165) is 23.4 Å². The molecule has 0 aromatic heterocycles. The molecule has 1 aliphatic carbocycles. The third kappa shape index (κ3) is 3.13. The molecule has 1 saturated carbocycles. The molecule has 2 N–H and O–H groups in total. The largest absolute Gasteiger partial charge is 0.392 e. The number of halogens is 1. The highest BCUT2D eigenvalue weighted by atomic mass is 35.5. The molecule has 0 saturated heterocycles. The summed E-state index contributed by atoms with van der Waals surface area (Å²) in [4.78, 5) is 0. The van der Waals surface area contributed by atoms with Crippen molar-refractivity contribution in [1.82, 2.24) is 5.32 Å². The van der Waals surface area contributed by atoms with Crippen LogP contribution in [0, 0.1) is 0 Å². The number of rotatable bonds is 5. The molecule has 0 aliphatic heterocycles. The first-order valence-electron chi connectivity index (χ1n) is 7.36. The fraction of sp³-hybridized carbons (Fsp3) is 0.333. The summed E-state index contributed by atoms with van der Waals surface area (Å²) < 4.78 is 0. The second-order valence-electron chi connectivity index (χ2n) is 5.86. The normalized spacial score (nSPS) is 17.5. The van der Waals surface area contributed by atoms with Crippen LogP contribution in [-0.2, 0) is 12.1 Å². The Morgan fingerprint density at radius 3 is 2.52 bits per heavy atom. The van der Waals surface area contributed by atoms with Crippen LogP contribution in [0.1, 0.15) is 42.5 Å². The molecular formula is C18H20ClNO. The lowest BCUT2D eigenvalue weighted by molar-refractivity contribution is 0.281. The van der Waals surface area contributed by atoms with Gasteiger partial charge in [-0.05, 0) is 48.6 Å². The summed E-state index contributed by atoms with van der Waals surface area (Å²) in [6.07, 6.45) is 2.30. The molecule has 0 amide bonds. The van der Waals surface area contributed by atoms with E-state index in [1.165, 1.54) is 11.1 Å². The van der Waals surface area contributed by atoms with Gasteiger partial charge in [-0.1, -0.05) is 48.0 Å². The lowest BCUT2D eigenvalue weighted by Gasteiger charge is -2.24. The average molecular weight is 302 g/mol. The summed E-state index contributed by atoms with van der Waals surface area (Å²) in [7, 11) is 0. The zero-order valence-corrected chi connectivity index (χ0v) is 12.9. The van der Waals surface area contributed by atoms with Crippen molar-refractivity contribution in [2.45, 2.75) is 38.0 Å². The molecule has 0 spiro atoms. The highest BCUT2D eigenvalue weighted by Crippen LogP contribution is 2.47. The second-order valence-corrected chi connectivity index (χ2v) is 6.29. The predicted molar refractivity (Wildman–Crippen MR) is 86.3 cm³/mol. The standard InChI is InChI=1S/C18H20ClNO/c1-13(15-4-2-3-14(11-15)12-21)20-18(9-10-18)16-5-7-17(19)8-6-16/h2-8,11,13,20-21H,9-10,12H2,1H3. The van der Waals surface area contributed by atoms with Crippen LogP contribution in [0.5, 0.6) is 0 Å². The molecule has 1 unspecified atom stereocenters. The predicted octanol–water partition coefficient (Wildman–Crippen LogP) is 4.17. The first-order valence-corrected chi connectivity index (χ1v) is 7.74. The Morgan fingerprint density at radius 1 is 1.19 bits per heavy atom. The Hall–Kier alpha value is -1.35. The van der Waals surface area contributed by atoms with Crippen molar-refractivity contribution in [3.05, 3.63) is 70.2 Å². The van der Waals surface area contributed by atoms with Gasteiger partial charge in [-0.25, -0.2) is 0 Å². The van der Waals surface area contributed by atoms with E-state index in [-0.39, 0.29) is 18.2 Å². The minimum Gasteiger partial charge on any atom is -0.392 e. The molecular weight excluding hydrogens is 282 g/mol. The van der Waals surface area contributed by atoms with Gasteiger partial charge in [-0.3, -0.25) is 0 Å². The quantitative estimate of drug-likeness (QED) is 0.868. The van der Waals surface area contributed by atoms with Crippen molar-refractivity contribution in [2.75, 3.05) is 0 Å². The summed E-state index contributed by atoms with van der Waals surface area (Å²) in [5.41, 5.74) is 3.55. The number of aliphatic hydroxyl groups excluding tert-OH is 1. The van der Waals surface area contributed by atoms with Crippen LogP contribution >= 0.6 is 11.6 Å². The zero-order chi connectivity index (χ0) is 14.9. The van der Waals surface area contributed by atoms with E-state index in [2.05, 4.69) is 36.5 Å². The van der Waals surface area contributed by atoms with Gasteiger partial charge in [0.1, 0.15) is 0 Å². The van der Waals surface area contributed by atoms with E-state index >= 15 is 0 Å². The van der Waals surface area contributed by atoms with Gasteiger partial charge < -0.3 is 10.4 Å². The van der Waals surface area contributed by atoms with Crippen molar-refractivity contribution in [1.29, 1.82) is 0 Å². The Labute approximate surface area is 130 Å². The van der Waals surface area contributed by atoms with Gasteiger partial charge in [0.05, 0.1) is 6.61 Å². The topological polar surface area (TPSA) is 32.3 Å². The van der Waals surface area contributed by atoms with Gasteiger partial charge in [0.25, 0.3) is 0 Å². The minimum absolute atomic E-state index is 0.0826. The van der Waals surface area contributed by atoms with Crippen molar-refractivity contribution in [3.63, 3.8) is 0 Å². The van der Waals surface area contributed by atoms with E-state index in [1.807, 2.05) is 24.3 Å². The lowest BCUT2D eigenvalue weighted by Crippen LogP contribution is -2.31. The number of hydrogen-bond donors (Lipinski definition) is 2. The molecule has 2 aromatic carbocycles. The smallest absolute Gasteiger partial charge is 0.0681 e. The van der Waals surface area contributed by atoms with E-state index < -0.39 is 0 Å². The first kappa shape index (κ1) is 14.6. The van der Waals surface area contributed by atoms with Gasteiger partial charge in [-0.15, -0.1) is 0 Å². The van der Waals surface area contributed by atoms with E-state index in [1.54, 1.807) is 0 Å². The minimum atomic E-state index is 0.0826. The van der Waals surface area contributed by atoms with Gasteiger partial charge in [0, 0.05) is 16.6 Å². The molecule has 0 radical (unpaired) electrons. The van der Waals surface area contributed by atoms with Gasteiger partial charge in [-0.2, -0.15) is 0 Å². The fourth-order valence-corrected chi connectivity index (χ4v) is 2.99. The maximum Gasteiger partial charge on any atom is 0.0681 e. The molecule has 0 heterocycles. The Balaban J connectivity index is 1.77. The number of hydrogen-bond acceptors (Lipinski definition) is 2. The zero-order valence-electron chi connectivity index (χ0n) is 12.1. The number of benzene rings is 2. The third-order valence-corrected chi connectivity index (χ3v) is 4.53. The van der Waals surface area contributed by atoms with Crippen LogP contribution in [0.3, 0.4) is 0 Å². The molecule has 3 rings (SSSR count). The molecule has 0 bridgehead atoms. The van der Waals surface area contributed by atoms with E-state index in [9.17, 15) is 5.11 Å². The highest BCUT2D eigenvalue weighted by molar-refractivity contribution is 6.30. The van der Waals surface area contributed by atoms with Crippen LogP contribution in [0.25, 0.3) is 0 Å². The molecule has 2 nitrogen and oxygen atoms in total. The van der Waals surface area contributed by atoms with Gasteiger partial charge in [0.15, 0.2) is 0 Å². The first-order chi connectivity index (χ1) is 10.1. The molecule has 3 heteroatoms. The fourth-order valence-electron chi connectivity index (χ4n) is 2.87. The average Bonchev–Trinajstić information content (AvgIpc) is 3.28. The van der Waals surface area contributed by atoms with Crippen molar-refractivity contribution in [2.24, 2.45) is 0 Å². The highest BCUT2D eigenvalue weighted by Gasteiger charge is 2.44. The van der Waals surface area contributed by atoms with Crippen LogP contribution in [0.15, 0.2) is 48.5 Å². The lowest BCUT2D eigenvalue weighted by atomic mass is 10.0. The molecule has 21 heavy (non-hydrogen) atoms. The van der Waals surface area contributed by atoms with Crippen LogP contribution in [-0.4, -0.2) is 5.11 Å². The Kier molecular flexibility index (Phi) is 4.03. The van der Waals surface area contributed by atoms with Crippen molar-refractivity contribution in [3.8, 4) is 0 Å². The van der Waals surface area contributed by atoms with E-state index in [0.29, 0.717) is 0 Å². The molecule has 1 atom stereocenters. The second kappa shape index (κ2) is 5.80. The van der Waals surface area contributed by atoms with Gasteiger partial charge >= 0.3 is 0 Å². The number of nitrogens with one attached hydrogen (secondary N) is 1. The Bertz CT molecular complexity index is 619. The van der Waals surface area contributed by atoms with Gasteiger partial charge in [0.2, 0.25) is 0 Å². The van der Waals surface area contributed by atoms with Crippen LogP contribution < -0.4 is 5.32 Å². The summed E-state index contributed by atoms with van der Waals surface area (Å²) in [6, 6.07) is 16.5. The summed E-state index contributed by atoms with van der Waals surface area (Å²) in [5.74, 6) is 0. The van der Waals surface area contributed by atoms with E-state index in [4.69, 9.17) is 11.6 Å². The van der Waals surface area contributed by atoms with Crippen LogP contribution in [0.2, 0.25) is 5.02 Å². The van der Waals surface area contributed by atoms with Crippen molar-refractivity contribution >= 4 is 11.6 Å². The Morgan fingerprint density at radius 2 is 1.90 bits per heavy atom. The SMILES string of the molecule is CC(NC1(c2ccc(Cl)cc2)CC1)c1cccc(CO)c1. The maximum atomic E-state index is 9.26.